The van der Waals surface area contributed by atoms with Crippen molar-refractivity contribution >= 4 is 0 Å². The van der Waals surface area contributed by atoms with E-state index in [-0.39, 0.29) is 12.1 Å². The summed E-state index contributed by atoms with van der Waals surface area (Å²) < 4.78 is 33.9. The van der Waals surface area contributed by atoms with Crippen LogP contribution in [0.3, 0.4) is 0 Å². The van der Waals surface area contributed by atoms with E-state index in [1.165, 1.54) is 18.2 Å². The predicted molar refractivity (Wildman–Crippen MR) is 108 cm³/mol. The number of hydrogen-bond donors (Lipinski definition) is 1. The van der Waals surface area contributed by atoms with Crippen molar-refractivity contribution in [2.24, 2.45) is 0 Å². The van der Waals surface area contributed by atoms with Gasteiger partial charge in [0.05, 0.1) is 6.10 Å². The van der Waals surface area contributed by atoms with E-state index in [4.69, 9.17) is 4.74 Å². The van der Waals surface area contributed by atoms with E-state index in [0.29, 0.717) is 26.1 Å². The summed E-state index contributed by atoms with van der Waals surface area (Å²) >= 11 is 0. The van der Waals surface area contributed by atoms with Gasteiger partial charge in [0.15, 0.2) is 0 Å². The highest BCUT2D eigenvalue weighted by atomic mass is 19.1. The van der Waals surface area contributed by atoms with Crippen LogP contribution in [0.5, 0.6) is 5.75 Å². The zero-order chi connectivity index (χ0) is 20.2. The van der Waals surface area contributed by atoms with Gasteiger partial charge in [0.25, 0.3) is 0 Å². The van der Waals surface area contributed by atoms with Crippen molar-refractivity contribution in [3.05, 3.63) is 101 Å². The monoisotopic (exact) mass is 395 g/mol. The number of aliphatic hydroxyl groups is 1. The van der Waals surface area contributed by atoms with Crippen LogP contribution < -0.4 is 4.74 Å². The lowest BCUT2D eigenvalue weighted by Crippen LogP contribution is -2.26. The van der Waals surface area contributed by atoms with Gasteiger partial charge in [-0.3, -0.25) is 4.90 Å². The van der Waals surface area contributed by atoms with Gasteiger partial charge in [-0.1, -0.05) is 42.5 Å². The Balaban J connectivity index is 1.52. The van der Waals surface area contributed by atoms with Crippen LogP contribution in [-0.4, -0.2) is 23.2 Å². The summed E-state index contributed by atoms with van der Waals surface area (Å²) in [6.07, 6.45) is -0.117. The third-order valence-corrected chi connectivity index (χ3v) is 5.24. The van der Waals surface area contributed by atoms with Crippen molar-refractivity contribution < 1.29 is 18.6 Å². The van der Waals surface area contributed by atoms with E-state index < -0.39 is 17.7 Å². The predicted octanol–water partition coefficient (Wildman–Crippen LogP) is 4.64. The first kappa shape index (κ1) is 19.6. The largest absolute Gasteiger partial charge is 0.492 e. The molecule has 4 rings (SSSR count). The average molecular weight is 395 g/mol. The van der Waals surface area contributed by atoms with Gasteiger partial charge in [0, 0.05) is 37.2 Å². The SMILES string of the molecule is OC(Cc1ccccc1)c1ccc2c(c1)CN(Cc1c(F)cccc1F)CCO2. The standard InChI is InChI=1S/C24H23F2NO2/c25-21-7-4-8-22(26)20(21)16-27-11-12-29-24-10-9-18(14-19(24)15-27)23(28)13-17-5-2-1-3-6-17/h1-10,14,23,28H,11-13,15-16H2. The molecule has 150 valence electrons. The molecule has 3 aromatic rings. The van der Waals surface area contributed by atoms with Crippen LogP contribution in [0.15, 0.2) is 66.7 Å². The van der Waals surface area contributed by atoms with Crippen LogP contribution in [-0.2, 0) is 19.5 Å². The highest BCUT2D eigenvalue weighted by molar-refractivity contribution is 5.39. The maximum Gasteiger partial charge on any atom is 0.130 e. The summed E-state index contributed by atoms with van der Waals surface area (Å²) in [5, 5.41) is 10.7. The number of nitrogens with zero attached hydrogens (tertiary/aromatic N) is 1. The summed E-state index contributed by atoms with van der Waals surface area (Å²) in [6.45, 7) is 1.66. The maximum atomic E-state index is 14.0. The molecule has 3 nitrogen and oxygen atoms in total. The molecule has 5 heteroatoms. The molecule has 29 heavy (non-hydrogen) atoms. The van der Waals surface area contributed by atoms with E-state index in [0.717, 1.165) is 22.4 Å². The number of rotatable bonds is 5. The van der Waals surface area contributed by atoms with Crippen LogP contribution in [0.1, 0.15) is 28.4 Å². The third-order valence-electron chi connectivity index (χ3n) is 5.24. The summed E-state index contributed by atoms with van der Waals surface area (Å²) in [5.74, 6) is -0.331. The molecule has 0 radical (unpaired) electrons. The van der Waals surface area contributed by atoms with E-state index in [9.17, 15) is 13.9 Å². The number of aliphatic hydroxyl groups excluding tert-OH is 1. The topological polar surface area (TPSA) is 32.7 Å². The second-order valence-corrected chi connectivity index (χ2v) is 7.33. The van der Waals surface area contributed by atoms with Crippen LogP contribution in [0.4, 0.5) is 8.78 Å². The minimum Gasteiger partial charge on any atom is -0.492 e. The summed E-state index contributed by atoms with van der Waals surface area (Å²) in [6, 6.07) is 19.4. The van der Waals surface area contributed by atoms with Crippen molar-refractivity contribution in [3.63, 3.8) is 0 Å². The highest BCUT2D eigenvalue weighted by Gasteiger charge is 2.20. The normalized spacial score (nSPS) is 15.3. The molecule has 0 spiro atoms. The molecule has 3 aromatic carbocycles. The van der Waals surface area contributed by atoms with Crippen LogP contribution >= 0.6 is 0 Å². The summed E-state index contributed by atoms with van der Waals surface area (Å²) in [5.41, 5.74) is 2.83. The van der Waals surface area contributed by atoms with Crippen molar-refractivity contribution in [2.45, 2.75) is 25.6 Å². The molecule has 1 aliphatic heterocycles. The fraction of sp³-hybridized carbons (Fsp3) is 0.250. The lowest BCUT2D eigenvalue weighted by atomic mass is 9.99. The number of benzene rings is 3. The first-order valence-electron chi connectivity index (χ1n) is 9.73. The second-order valence-electron chi connectivity index (χ2n) is 7.33. The molecule has 0 aliphatic carbocycles. The number of ether oxygens (including phenoxy) is 1. The number of hydrogen-bond acceptors (Lipinski definition) is 3. The third kappa shape index (κ3) is 4.63. The van der Waals surface area contributed by atoms with Gasteiger partial charge < -0.3 is 9.84 Å². The number of halogens is 2. The minimum atomic E-state index is -0.636. The zero-order valence-electron chi connectivity index (χ0n) is 16.0. The molecule has 1 atom stereocenters. The Morgan fingerprint density at radius 2 is 1.72 bits per heavy atom. The molecule has 0 aromatic heterocycles. The Bertz CT molecular complexity index is 958. The molecular weight excluding hydrogens is 372 g/mol. The van der Waals surface area contributed by atoms with Crippen LogP contribution in [0, 0.1) is 11.6 Å². The second kappa shape index (κ2) is 8.72. The summed E-state index contributed by atoms with van der Waals surface area (Å²) in [7, 11) is 0. The Kier molecular flexibility index (Phi) is 5.88. The van der Waals surface area contributed by atoms with Gasteiger partial charge in [0.1, 0.15) is 24.0 Å². The molecular formula is C24H23F2NO2. The molecule has 1 unspecified atom stereocenters. The molecule has 1 N–H and O–H groups in total. The first-order chi connectivity index (χ1) is 14.1. The van der Waals surface area contributed by atoms with E-state index in [1.54, 1.807) is 0 Å². The zero-order valence-corrected chi connectivity index (χ0v) is 16.0. The Hall–Kier alpha value is -2.76. The molecule has 0 saturated carbocycles. The smallest absolute Gasteiger partial charge is 0.130 e. The van der Waals surface area contributed by atoms with Crippen LogP contribution in [0.25, 0.3) is 0 Å². The van der Waals surface area contributed by atoms with E-state index >= 15 is 0 Å². The van der Waals surface area contributed by atoms with Gasteiger partial charge in [-0.15, -0.1) is 0 Å². The Morgan fingerprint density at radius 3 is 2.48 bits per heavy atom. The van der Waals surface area contributed by atoms with Crippen molar-refractivity contribution in [3.8, 4) is 5.75 Å². The fourth-order valence-corrected chi connectivity index (χ4v) is 3.67. The van der Waals surface area contributed by atoms with E-state index in [2.05, 4.69) is 0 Å². The Labute approximate surface area is 169 Å². The van der Waals surface area contributed by atoms with E-state index in [1.807, 2.05) is 53.4 Å². The van der Waals surface area contributed by atoms with Gasteiger partial charge in [-0.05, 0) is 35.4 Å². The molecule has 0 bridgehead atoms. The fourth-order valence-electron chi connectivity index (χ4n) is 3.67. The lowest BCUT2D eigenvalue weighted by Gasteiger charge is -2.20. The van der Waals surface area contributed by atoms with Gasteiger partial charge in [0.2, 0.25) is 0 Å². The van der Waals surface area contributed by atoms with Gasteiger partial charge >= 0.3 is 0 Å². The Morgan fingerprint density at radius 1 is 0.966 bits per heavy atom. The van der Waals surface area contributed by atoms with Crippen LogP contribution in [0.2, 0.25) is 0 Å². The van der Waals surface area contributed by atoms with Crippen molar-refractivity contribution in [2.75, 3.05) is 13.2 Å². The minimum absolute atomic E-state index is 0.0659. The molecule has 0 saturated heterocycles. The van der Waals surface area contributed by atoms with Crippen molar-refractivity contribution in [1.29, 1.82) is 0 Å². The average Bonchev–Trinajstić information content (AvgIpc) is 2.92. The quantitative estimate of drug-likeness (QED) is 0.683. The maximum absolute atomic E-state index is 14.0. The van der Waals surface area contributed by atoms with Gasteiger partial charge in [-0.2, -0.15) is 0 Å². The highest BCUT2D eigenvalue weighted by Crippen LogP contribution is 2.29. The molecule has 0 fully saturated rings. The molecule has 1 aliphatic rings. The summed E-state index contributed by atoms with van der Waals surface area (Å²) in [4.78, 5) is 1.96. The lowest BCUT2D eigenvalue weighted by molar-refractivity contribution is 0.178. The van der Waals surface area contributed by atoms with Crippen molar-refractivity contribution in [1.82, 2.24) is 4.90 Å². The molecule has 1 heterocycles. The molecule has 0 amide bonds. The van der Waals surface area contributed by atoms with Gasteiger partial charge in [-0.25, -0.2) is 8.78 Å². The first-order valence-corrected chi connectivity index (χ1v) is 9.73. The number of fused-ring (bicyclic) bond motifs is 1.